The summed E-state index contributed by atoms with van der Waals surface area (Å²) in [6.45, 7) is 2.19. The zero-order valence-electron chi connectivity index (χ0n) is 17.5. The molecule has 0 spiro atoms. The summed E-state index contributed by atoms with van der Waals surface area (Å²) in [5, 5.41) is 2.81. The van der Waals surface area contributed by atoms with Crippen LogP contribution in [0.1, 0.15) is 21.5 Å². The number of benzene rings is 3. The van der Waals surface area contributed by atoms with Crippen molar-refractivity contribution in [2.75, 3.05) is 18.9 Å². The Morgan fingerprint density at radius 3 is 2.00 bits per heavy atom. The van der Waals surface area contributed by atoms with Crippen molar-refractivity contribution in [2.45, 2.75) is 18.4 Å². The SMILES string of the molecule is COc1cc(CNC(=O)c2ccc(S(=O)(=O)Nc3ccc(C)cc3)cc2)cc(OC)c1. The van der Waals surface area contributed by atoms with E-state index < -0.39 is 10.0 Å². The molecule has 0 bridgehead atoms. The summed E-state index contributed by atoms with van der Waals surface area (Å²) in [4.78, 5) is 12.5. The van der Waals surface area contributed by atoms with Crippen LogP contribution in [0.3, 0.4) is 0 Å². The average molecular weight is 441 g/mol. The van der Waals surface area contributed by atoms with Gasteiger partial charge in [0.05, 0.1) is 19.1 Å². The Morgan fingerprint density at radius 1 is 0.871 bits per heavy atom. The largest absolute Gasteiger partial charge is 0.497 e. The summed E-state index contributed by atoms with van der Waals surface area (Å²) < 4.78 is 38.1. The van der Waals surface area contributed by atoms with Gasteiger partial charge in [-0.3, -0.25) is 9.52 Å². The van der Waals surface area contributed by atoms with Crippen LogP contribution >= 0.6 is 0 Å². The van der Waals surface area contributed by atoms with Gasteiger partial charge in [-0.15, -0.1) is 0 Å². The minimum absolute atomic E-state index is 0.0714. The first-order valence-electron chi connectivity index (χ1n) is 9.50. The zero-order chi connectivity index (χ0) is 22.4. The Balaban J connectivity index is 1.66. The van der Waals surface area contributed by atoms with E-state index in [1.807, 2.05) is 19.1 Å². The van der Waals surface area contributed by atoms with E-state index >= 15 is 0 Å². The minimum atomic E-state index is -3.75. The van der Waals surface area contributed by atoms with Gasteiger partial charge in [-0.1, -0.05) is 17.7 Å². The molecule has 0 aliphatic rings. The van der Waals surface area contributed by atoms with Crippen molar-refractivity contribution < 1.29 is 22.7 Å². The third-order valence-corrected chi connectivity index (χ3v) is 5.99. The number of anilines is 1. The number of aryl methyl sites for hydroxylation is 1. The first-order valence-corrected chi connectivity index (χ1v) is 11.0. The highest BCUT2D eigenvalue weighted by molar-refractivity contribution is 7.92. The fourth-order valence-corrected chi connectivity index (χ4v) is 3.93. The quantitative estimate of drug-likeness (QED) is 0.557. The number of methoxy groups -OCH3 is 2. The predicted molar refractivity (Wildman–Crippen MR) is 119 cm³/mol. The summed E-state index contributed by atoms with van der Waals surface area (Å²) in [7, 11) is -0.637. The molecular weight excluding hydrogens is 416 g/mol. The maximum atomic E-state index is 12.6. The monoisotopic (exact) mass is 440 g/mol. The van der Waals surface area contributed by atoms with Gasteiger partial charge in [0.1, 0.15) is 11.5 Å². The Morgan fingerprint density at radius 2 is 1.45 bits per heavy atom. The standard InChI is InChI=1S/C23H24N2O5S/c1-16-4-8-19(9-5-16)25-31(27,28)22-10-6-18(7-11-22)23(26)24-15-17-12-20(29-2)14-21(13-17)30-3/h4-14,25H,15H2,1-3H3,(H,24,26). The number of nitrogens with one attached hydrogen (secondary N) is 2. The molecule has 0 heterocycles. The first kappa shape index (κ1) is 22.2. The fourth-order valence-electron chi connectivity index (χ4n) is 2.87. The van der Waals surface area contributed by atoms with Gasteiger partial charge in [-0.2, -0.15) is 0 Å². The molecule has 7 nitrogen and oxygen atoms in total. The van der Waals surface area contributed by atoms with Crippen LogP contribution in [0.15, 0.2) is 71.6 Å². The van der Waals surface area contributed by atoms with Crippen molar-refractivity contribution >= 4 is 21.6 Å². The molecule has 0 atom stereocenters. The molecule has 0 radical (unpaired) electrons. The number of sulfonamides is 1. The summed E-state index contributed by atoms with van der Waals surface area (Å²) in [6.07, 6.45) is 0. The van der Waals surface area contributed by atoms with Crippen LogP contribution in [-0.2, 0) is 16.6 Å². The maximum Gasteiger partial charge on any atom is 0.261 e. The Bertz CT molecular complexity index is 1140. The number of rotatable bonds is 8. The van der Waals surface area contributed by atoms with E-state index in [9.17, 15) is 13.2 Å². The van der Waals surface area contributed by atoms with E-state index in [2.05, 4.69) is 10.0 Å². The van der Waals surface area contributed by atoms with E-state index in [1.54, 1.807) is 44.6 Å². The van der Waals surface area contributed by atoms with Crippen molar-refractivity contribution in [3.05, 3.63) is 83.4 Å². The van der Waals surface area contributed by atoms with Crippen LogP contribution in [0.5, 0.6) is 11.5 Å². The highest BCUT2D eigenvalue weighted by atomic mass is 32.2. The number of ether oxygens (including phenoxy) is 2. The molecule has 0 fully saturated rings. The predicted octanol–water partition coefficient (Wildman–Crippen LogP) is 3.74. The summed E-state index contributed by atoms with van der Waals surface area (Å²) in [5.74, 6) is 0.927. The van der Waals surface area contributed by atoms with Gasteiger partial charge in [-0.25, -0.2) is 8.42 Å². The van der Waals surface area contributed by atoms with Gasteiger partial charge in [-0.05, 0) is 61.0 Å². The van der Waals surface area contributed by atoms with Crippen molar-refractivity contribution in [3.8, 4) is 11.5 Å². The van der Waals surface area contributed by atoms with Gasteiger partial charge in [0.25, 0.3) is 15.9 Å². The lowest BCUT2D eigenvalue weighted by Crippen LogP contribution is -2.23. The third-order valence-electron chi connectivity index (χ3n) is 4.59. The van der Waals surface area contributed by atoms with Crippen molar-refractivity contribution in [1.29, 1.82) is 0 Å². The molecule has 1 amide bonds. The summed E-state index contributed by atoms with van der Waals surface area (Å²) in [5.41, 5.74) is 2.67. The molecule has 0 unspecified atom stereocenters. The molecule has 0 saturated carbocycles. The molecule has 162 valence electrons. The summed E-state index contributed by atoms with van der Waals surface area (Å²) >= 11 is 0. The van der Waals surface area contributed by atoms with E-state index in [1.165, 1.54) is 24.3 Å². The molecule has 3 rings (SSSR count). The molecule has 0 aromatic heterocycles. The van der Waals surface area contributed by atoms with Gasteiger partial charge in [0, 0.05) is 23.9 Å². The molecule has 0 aliphatic heterocycles. The van der Waals surface area contributed by atoms with Crippen molar-refractivity contribution in [2.24, 2.45) is 0 Å². The van der Waals surface area contributed by atoms with Crippen LogP contribution in [0.25, 0.3) is 0 Å². The Hall–Kier alpha value is -3.52. The van der Waals surface area contributed by atoms with E-state index in [0.717, 1.165) is 11.1 Å². The van der Waals surface area contributed by atoms with Gasteiger partial charge < -0.3 is 14.8 Å². The first-order chi connectivity index (χ1) is 14.8. The van der Waals surface area contributed by atoms with E-state index in [0.29, 0.717) is 22.7 Å². The topological polar surface area (TPSA) is 93.7 Å². The molecular formula is C23H24N2O5S. The second-order valence-electron chi connectivity index (χ2n) is 6.90. The van der Waals surface area contributed by atoms with Crippen LogP contribution in [-0.4, -0.2) is 28.5 Å². The van der Waals surface area contributed by atoms with Gasteiger partial charge >= 0.3 is 0 Å². The number of carbonyl (C=O) groups is 1. The van der Waals surface area contributed by atoms with Crippen LogP contribution in [0.2, 0.25) is 0 Å². The fraction of sp³-hybridized carbons (Fsp3) is 0.174. The average Bonchev–Trinajstić information content (AvgIpc) is 2.78. The van der Waals surface area contributed by atoms with Crippen molar-refractivity contribution in [1.82, 2.24) is 5.32 Å². The molecule has 3 aromatic carbocycles. The van der Waals surface area contributed by atoms with E-state index in [4.69, 9.17) is 9.47 Å². The zero-order valence-corrected chi connectivity index (χ0v) is 18.3. The smallest absolute Gasteiger partial charge is 0.261 e. The molecule has 0 aliphatic carbocycles. The van der Waals surface area contributed by atoms with Gasteiger partial charge in [0.2, 0.25) is 0 Å². The highest BCUT2D eigenvalue weighted by Gasteiger charge is 2.15. The van der Waals surface area contributed by atoms with E-state index in [-0.39, 0.29) is 17.3 Å². The second-order valence-corrected chi connectivity index (χ2v) is 8.58. The van der Waals surface area contributed by atoms with Crippen LogP contribution in [0.4, 0.5) is 5.69 Å². The number of amides is 1. The molecule has 2 N–H and O–H groups in total. The third kappa shape index (κ3) is 5.76. The molecule has 3 aromatic rings. The lowest BCUT2D eigenvalue weighted by Gasteiger charge is -2.11. The number of hydrogen-bond acceptors (Lipinski definition) is 5. The number of carbonyl (C=O) groups excluding carboxylic acids is 1. The van der Waals surface area contributed by atoms with Crippen LogP contribution in [0, 0.1) is 6.92 Å². The molecule has 8 heteroatoms. The van der Waals surface area contributed by atoms with Crippen molar-refractivity contribution in [3.63, 3.8) is 0 Å². The maximum absolute atomic E-state index is 12.6. The normalized spacial score (nSPS) is 10.9. The lowest BCUT2D eigenvalue weighted by molar-refractivity contribution is 0.0950. The van der Waals surface area contributed by atoms with Crippen LogP contribution < -0.4 is 19.5 Å². The summed E-state index contributed by atoms with van der Waals surface area (Å²) in [6, 6.07) is 18.1. The number of hydrogen-bond donors (Lipinski definition) is 2. The molecule has 31 heavy (non-hydrogen) atoms. The Labute approximate surface area is 182 Å². The lowest BCUT2D eigenvalue weighted by atomic mass is 10.1. The highest BCUT2D eigenvalue weighted by Crippen LogP contribution is 2.22. The van der Waals surface area contributed by atoms with Gasteiger partial charge in [0.15, 0.2) is 0 Å². The molecule has 0 saturated heterocycles. The second kappa shape index (κ2) is 9.53. The minimum Gasteiger partial charge on any atom is -0.497 e. The Kier molecular flexibility index (Phi) is 6.81.